The molecular formula is C13H21ClN4O. The average molecular weight is 285 g/mol. The number of hydrogen-bond acceptors (Lipinski definition) is 5. The van der Waals surface area contributed by atoms with Crippen molar-refractivity contribution >= 4 is 23.4 Å². The van der Waals surface area contributed by atoms with Crippen LogP contribution in [0.15, 0.2) is 6.20 Å². The maximum atomic E-state index is 6.20. The number of anilines is 2. The molecule has 2 heterocycles. The standard InChI is InChI=1S/C13H21ClN4O/c1-3-15-13-16-9-11(14)12(17-13)18-7-5-10(6-8-18)19-4-2/h9-10H,3-8H2,1-2H3,(H,15,16,17). The first-order valence-electron chi connectivity index (χ1n) is 6.87. The first kappa shape index (κ1) is 14.3. The highest BCUT2D eigenvalue weighted by atomic mass is 35.5. The third-order valence-electron chi connectivity index (χ3n) is 3.20. The number of aromatic nitrogens is 2. The topological polar surface area (TPSA) is 50.3 Å². The number of ether oxygens (including phenoxy) is 1. The molecular weight excluding hydrogens is 264 g/mol. The van der Waals surface area contributed by atoms with Crippen molar-refractivity contribution < 1.29 is 4.74 Å². The molecule has 0 unspecified atom stereocenters. The van der Waals surface area contributed by atoms with Gasteiger partial charge in [-0.15, -0.1) is 0 Å². The first-order valence-corrected chi connectivity index (χ1v) is 7.25. The van der Waals surface area contributed by atoms with Gasteiger partial charge in [0.25, 0.3) is 0 Å². The number of nitrogens with zero attached hydrogens (tertiary/aromatic N) is 3. The molecule has 2 rings (SSSR count). The van der Waals surface area contributed by atoms with Crippen molar-refractivity contribution in [3.05, 3.63) is 11.2 Å². The normalized spacial score (nSPS) is 16.7. The second-order valence-electron chi connectivity index (χ2n) is 4.54. The quantitative estimate of drug-likeness (QED) is 0.900. The van der Waals surface area contributed by atoms with Crippen molar-refractivity contribution in [3.8, 4) is 0 Å². The molecule has 1 aliphatic heterocycles. The van der Waals surface area contributed by atoms with Gasteiger partial charge in [0, 0.05) is 26.2 Å². The predicted molar refractivity (Wildman–Crippen MR) is 78.1 cm³/mol. The molecule has 1 aliphatic rings. The average Bonchev–Trinajstić information content (AvgIpc) is 2.43. The summed E-state index contributed by atoms with van der Waals surface area (Å²) in [6.07, 6.45) is 4.07. The van der Waals surface area contributed by atoms with Crippen molar-refractivity contribution in [2.45, 2.75) is 32.8 Å². The molecule has 0 aromatic carbocycles. The fraction of sp³-hybridized carbons (Fsp3) is 0.692. The molecule has 19 heavy (non-hydrogen) atoms. The smallest absolute Gasteiger partial charge is 0.224 e. The zero-order chi connectivity index (χ0) is 13.7. The van der Waals surface area contributed by atoms with Crippen LogP contribution in [0.4, 0.5) is 11.8 Å². The van der Waals surface area contributed by atoms with Crippen LogP contribution in [0.25, 0.3) is 0 Å². The van der Waals surface area contributed by atoms with E-state index in [9.17, 15) is 0 Å². The molecule has 106 valence electrons. The zero-order valence-corrected chi connectivity index (χ0v) is 12.3. The minimum atomic E-state index is 0.370. The van der Waals surface area contributed by atoms with Crippen molar-refractivity contribution in [1.29, 1.82) is 0 Å². The van der Waals surface area contributed by atoms with E-state index in [-0.39, 0.29) is 0 Å². The third-order valence-corrected chi connectivity index (χ3v) is 3.47. The summed E-state index contributed by atoms with van der Waals surface area (Å²) in [6.45, 7) is 7.48. The van der Waals surface area contributed by atoms with Gasteiger partial charge in [0.2, 0.25) is 5.95 Å². The second kappa shape index (κ2) is 6.91. The SMILES string of the molecule is CCNc1ncc(Cl)c(N2CCC(OCC)CC2)n1. The Labute approximate surface area is 119 Å². The van der Waals surface area contributed by atoms with Gasteiger partial charge in [-0.05, 0) is 26.7 Å². The van der Waals surface area contributed by atoms with Crippen molar-refractivity contribution in [2.75, 3.05) is 36.5 Å². The molecule has 0 amide bonds. The van der Waals surface area contributed by atoms with Crippen LogP contribution in [0.5, 0.6) is 0 Å². The molecule has 0 spiro atoms. The molecule has 1 N–H and O–H groups in total. The van der Waals surface area contributed by atoms with Crippen LogP contribution in [-0.4, -0.2) is 42.3 Å². The molecule has 5 nitrogen and oxygen atoms in total. The molecule has 1 fully saturated rings. The van der Waals surface area contributed by atoms with E-state index in [1.54, 1.807) is 6.20 Å². The van der Waals surface area contributed by atoms with Crippen LogP contribution in [0, 0.1) is 0 Å². The molecule has 0 radical (unpaired) electrons. The number of hydrogen-bond donors (Lipinski definition) is 1. The number of rotatable bonds is 5. The van der Waals surface area contributed by atoms with Crippen LogP contribution in [0.2, 0.25) is 5.02 Å². The van der Waals surface area contributed by atoms with Crippen LogP contribution in [0.3, 0.4) is 0 Å². The van der Waals surface area contributed by atoms with E-state index < -0.39 is 0 Å². The highest BCUT2D eigenvalue weighted by molar-refractivity contribution is 6.32. The molecule has 1 aromatic heterocycles. The van der Waals surface area contributed by atoms with Crippen LogP contribution >= 0.6 is 11.6 Å². The van der Waals surface area contributed by atoms with Gasteiger partial charge in [0.15, 0.2) is 5.82 Å². The lowest BCUT2D eigenvalue weighted by atomic mass is 10.1. The van der Waals surface area contributed by atoms with Crippen molar-refractivity contribution in [1.82, 2.24) is 9.97 Å². The summed E-state index contributed by atoms with van der Waals surface area (Å²) < 4.78 is 5.65. The Morgan fingerprint density at radius 3 is 2.79 bits per heavy atom. The summed E-state index contributed by atoms with van der Waals surface area (Å²) in [6, 6.07) is 0. The minimum Gasteiger partial charge on any atom is -0.378 e. The molecule has 6 heteroatoms. The van der Waals surface area contributed by atoms with Crippen LogP contribution < -0.4 is 10.2 Å². The van der Waals surface area contributed by atoms with E-state index in [0.717, 1.165) is 44.9 Å². The largest absolute Gasteiger partial charge is 0.378 e. The summed E-state index contributed by atoms with van der Waals surface area (Å²) in [7, 11) is 0. The Morgan fingerprint density at radius 1 is 1.42 bits per heavy atom. The van der Waals surface area contributed by atoms with Crippen LogP contribution in [0.1, 0.15) is 26.7 Å². The second-order valence-corrected chi connectivity index (χ2v) is 4.94. The number of nitrogens with one attached hydrogen (secondary N) is 1. The first-order chi connectivity index (χ1) is 9.24. The molecule has 1 aromatic rings. The summed E-state index contributed by atoms with van der Waals surface area (Å²) in [5.74, 6) is 1.45. The van der Waals surface area contributed by atoms with Gasteiger partial charge >= 0.3 is 0 Å². The lowest BCUT2D eigenvalue weighted by molar-refractivity contribution is 0.0458. The number of piperidine rings is 1. The maximum Gasteiger partial charge on any atom is 0.224 e. The summed E-state index contributed by atoms with van der Waals surface area (Å²) >= 11 is 6.20. The molecule has 0 bridgehead atoms. The summed E-state index contributed by atoms with van der Waals surface area (Å²) in [4.78, 5) is 10.9. The summed E-state index contributed by atoms with van der Waals surface area (Å²) in [5, 5.41) is 3.72. The van der Waals surface area contributed by atoms with Gasteiger partial charge in [0.1, 0.15) is 5.02 Å². The van der Waals surface area contributed by atoms with E-state index in [1.807, 2.05) is 13.8 Å². The third kappa shape index (κ3) is 3.70. The fourth-order valence-electron chi connectivity index (χ4n) is 2.29. The van der Waals surface area contributed by atoms with E-state index in [2.05, 4.69) is 20.2 Å². The van der Waals surface area contributed by atoms with Gasteiger partial charge in [-0.1, -0.05) is 11.6 Å². The van der Waals surface area contributed by atoms with Crippen LogP contribution in [-0.2, 0) is 4.74 Å². The zero-order valence-electron chi connectivity index (χ0n) is 11.5. The Bertz CT molecular complexity index is 408. The Kier molecular flexibility index (Phi) is 5.22. The monoisotopic (exact) mass is 284 g/mol. The number of halogens is 1. The van der Waals surface area contributed by atoms with Crippen molar-refractivity contribution in [3.63, 3.8) is 0 Å². The fourth-order valence-corrected chi connectivity index (χ4v) is 2.50. The minimum absolute atomic E-state index is 0.370. The highest BCUT2D eigenvalue weighted by Gasteiger charge is 2.22. The highest BCUT2D eigenvalue weighted by Crippen LogP contribution is 2.27. The van der Waals surface area contributed by atoms with E-state index in [1.165, 1.54) is 0 Å². The van der Waals surface area contributed by atoms with Crippen molar-refractivity contribution in [2.24, 2.45) is 0 Å². The van der Waals surface area contributed by atoms with E-state index in [4.69, 9.17) is 16.3 Å². The Balaban J connectivity index is 2.03. The van der Waals surface area contributed by atoms with Gasteiger partial charge in [-0.2, -0.15) is 4.98 Å². The molecule has 0 aliphatic carbocycles. The molecule has 0 atom stereocenters. The lowest BCUT2D eigenvalue weighted by Gasteiger charge is -2.33. The van der Waals surface area contributed by atoms with Gasteiger partial charge in [-0.3, -0.25) is 0 Å². The maximum absolute atomic E-state index is 6.20. The van der Waals surface area contributed by atoms with Gasteiger partial charge < -0.3 is 15.0 Å². The lowest BCUT2D eigenvalue weighted by Crippen LogP contribution is -2.37. The molecule has 0 saturated carbocycles. The molecule has 1 saturated heterocycles. The van der Waals surface area contributed by atoms with E-state index >= 15 is 0 Å². The van der Waals surface area contributed by atoms with E-state index in [0.29, 0.717) is 17.1 Å². The Hall–Kier alpha value is -1.07. The summed E-state index contributed by atoms with van der Waals surface area (Å²) in [5.41, 5.74) is 0. The predicted octanol–water partition coefficient (Wildman–Crippen LogP) is 2.57. The van der Waals surface area contributed by atoms with Gasteiger partial charge in [-0.25, -0.2) is 4.98 Å². The Morgan fingerprint density at radius 2 is 2.16 bits per heavy atom. The van der Waals surface area contributed by atoms with Gasteiger partial charge in [0.05, 0.1) is 12.3 Å².